The summed E-state index contributed by atoms with van der Waals surface area (Å²) in [6.07, 6.45) is 1.03. The molecular weight excluding hydrogens is 178 g/mol. The van der Waals surface area contributed by atoms with E-state index in [1.807, 2.05) is 13.8 Å². The predicted molar refractivity (Wildman–Crippen MR) is 58.2 cm³/mol. The summed E-state index contributed by atoms with van der Waals surface area (Å²) in [6.45, 7) is 12.2. The summed E-state index contributed by atoms with van der Waals surface area (Å²) in [5, 5.41) is 0. The molecule has 0 bridgehead atoms. The molecule has 0 heterocycles. The third-order valence-electron chi connectivity index (χ3n) is 1.69. The fourth-order valence-electron chi connectivity index (χ4n) is 1.30. The summed E-state index contributed by atoms with van der Waals surface area (Å²) in [6, 6.07) is 0. The number of esters is 1. The van der Waals surface area contributed by atoms with Crippen molar-refractivity contribution >= 4 is 5.97 Å². The van der Waals surface area contributed by atoms with Crippen LogP contribution in [0.5, 0.6) is 0 Å². The molecule has 0 saturated heterocycles. The van der Waals surface area contributed by atoms with Gasteiger partial charge < -0.3 is 4.74 Å². The average molecular weight is 199 g/mol. The van der Waals surface area contributed by atoms with Crippen LogP contribution in [0.2, 0.25) is 0 Å². The topological polar surface area (TPSA) is 29.5 Å². The monoisotopic (exact) mass is 199 g/mol. The maximum absolute atomic E-state index is 11.2. The van der Waals surface area contributed by atoms with Crippen LogP contribution in [0, 0.1) is 0 Å². The van der Waals surface area contributed by atoms with Crippen LogP contribution in [-0.2, 0) is 9.53 Å². The molecule has 0 saturated carbocycles. The van der Waals surface area contributed by atoms with Crippen LogP contribution in [0.25, 0.3) is 0 Å². The Balaban J connectivity index is 3.94. The molecule has 3 nitrogen and oxygen atoms in total. The Morgan fingerprint density at radius 2 is 2.00 bits per heavy atom. The van der Waals surface area contributed by atoms with Crippen LogP contribution in [0.3, 0.4) is 0 Å². The summed E-state index contributed by atoms with van der Waals surface area (Å²) in [7, 11) is 0. The van der Waals surface area contributed by atoms with Crippen LogP contribution in [0.1, 0.15) is 27.2 Å². The highest BCUT2D eigenvalue weighted by atomic mass is 16.5. The third-order valence-corrected chi connectivity index (χ3v) is 1.69. The van der Waals surface area contributed by atoms with Crippen LogP contribution in [0.4, 0.5) is 0 Å². The van der Waals surface area contributed by atoms with Crippen molar-refractivity contribution in [3.8, 4) is 0 Å². The molecule has 0 radical (unpaired) electrons. The van der Waals surface area contributed by atoms with Crippen molar-refractivity contribution in [2.75, 3.05) is 26.2 Å². The zero-order valence-electron chi connectivity index (χ0n) is 9.51. The van der Waals surface area contributed by atoms with Crippen molar-refractivity contribution in [2.24, 2.45) is 0 Å². The fraction of sp³-hybridized carbons (Fsp3) is 0.727. The SMILES string of the molecule is C=C(C)CN(CCC)CC(=O)OCC. The highest BCUT2D eigenvalue weighted by molar-refractivity contribution is 5.71. The zero-order chi connectivity index (χ0) is 11.0. The summed E-state index contributed by atoms with van der Waals surface area (Å²) >= 11 is 0. The molecule has 0 unspecified atom stereocenters. The quantitative estimate of drug-likeness (QED) is 0.463. The second-order valence-corrected chi connectivity index (χ2v) is 3.47. The minimum Gasteiger partial charge on any atom is -0.465 e. The molecule has 0 amide bonds. The van der Waals surface area contributed by atoms with Gasteiger partial charge in [0.05, 0.1) is 13.2 Å². The van der Waals surface area contributed by atoms with Crippen molar-refractivity contribution in [3.63, 3.8) is 0 Å². The minimum atomic E-state index is -0.151. The van der Waals surface area contributed by atoms with E-state index in [9.17, 15) is 4.79 Å². The molecule has 82 valence electrons. The minimum absolute atomic E-state index is 0.151. The Bertz CT molecular complexity index is 190. The van der Waals surface area contributed by atoms with Crippen LogP contribution >= 0.6 is 0 Å². The summed E-state index contributed by atoms with van der Waals surface area (Å²) in [4.78, 5) is 13.3. The van der Waals surface area contributed by atoms with E-state index in [-0.39, 0.29) is 5.97 Å². The first kappa shape index (κ1) is 13.2. The number of nitrogens with zero attached hydrogens (tertiary/aromatic N) is 1. The molecule has 0 aliphatic heterocycles. The highest BCUT2D eigenvalue weighted by Gasteiger charge is 2.10. The summed E-state index contributed by atoms with van der Waals surface area (Å²) < 4.78 is 4.89. The number of hydrogen-bond donors (Lipinski definition) is 0. The molecule has 0 atom stereocenters. The molecular formula is C11H21NO2. The van der Waals surface area contributed by atoms with Gasteiger partial charge in [0.25, 0.3) is 0 Å². The van der Waals surface area contributed by atoms with Gasteiger partial charge in [-0.3, -0.25) is 9.69 Å². The van der Waals surface area contributed by atoms with Crippen molar-refractivity contribution < 1.29 is 9.53 Å². The number of carbonyl (C=O) groups excluding carboxylic acids is 1. The lowest BCUT2D eigenvalue weighted by Crippen LogP contribution is -2.32. The van der Waals surface area contributed by atoms with Crippen molar-refractivity contribution in [3.05, 3.63) is 12.2 Å². The van der Waals surface area contributed by atoms with Gasteiger partial charge in [-0.25, -0.2) is 0 Å². The Hall–Kier alpha value is -0.830. The predicted octanol–water partition coefficient (Wildman–Crippen LogP) is 1.84. The van der Waals surface area contributed by atoms with E-state index in [2.05, 4.69) is 18.4 Å². The fourth-order valence-corrected chi connectivity index (χ4v) is 1.30. The molecule has 3 heteroatoms. The van der Waals surface area contributed by atoms with Crippen molar-refractivity contribution in [1.29, 1.82) is 0 Å². The Labute approximate surface area is 86.7 Å². The van der Waals surface area contributed by atoms with E-state index in [1.165, 1.54) is 0 Å². The summed E-state index contributed by atoms with van der Waals surface area (Å²) in [5.41, 5.74) is 1.07. The van der Waals surface area contributed by atoms with Gasteiger partial charge in [0.15, 0.2) is 0 Å². The number of ether oxygens (including phenoxy) is 1. The molecule has 0 fully saturated rings. The number of carbonyl (C=O) groups is 1. The molecule has 0 aliphatic rings. The highest BCUT2D eigenvalue weighted by Crippen LogP contribution is 1.98. The van der Waals surface area contributed by atoms with Crippen molar-refractivity contribution in [2.45, 2.75) is 27.2 Å². The van der Waals surface area contributed by atoms with Gasteiger partial charge in [0.1, 0.15) is 0 Å². The molecule has 0 aromatic carbocycles. The third kappa shape index (κ3) is 6.66. The molecule has 0 spiro atoms. The standard InChI is InChI=1S/C11H21NO2/c1-5-7-12(8-10(3)4)9-11(13)14-6-2/h3,5-9H2,1-2,4H3. The van der Waals surface area contributed by atoms with E-state index in [0.717, 1.165) is 25.1 Å². The van der Waals surface area contributed by atoms with E-state index < -0.39 is 0 Å². The van der Waals surface area contributed by atoms with Gasteiger partial charge in [-0.2, -0.15) is 0 Å². The largest absolute Gasteiger partial charge is 0.465 e. The average Bonchev–Trinajstić information content (AvgIpc) is 2.03. The molecule has 0 aromatic heterocycles. The van der Waals surface area contributed by atoms with E-state index in [0.29, 0.717) is 13.2 Å². The van der Waals surface area contributed by atoms with Crippen molar-refractivity contribution in [1.82, 2.24) is 4.90 Å². The van der Waals surface area contributed by atoms with E-state index in [4.69, 9.17) is 4.74 Å². The Kier molecular flexibility index (Phi) is 7.11. The Morgan fingerprint density at radius 3 is 2.43 bits per heavy atom. The molecule has 14 heavy (non-hydrogen) atoms. The first-order valence-corrected chi connectivity index (χ1v) is 5.12. The Morgan fingerprint density at radius 1 is 1.36 bits per heavy atom. The van der Waals surface area contributed by atoms with Gasteiger partial charge in [-0.05, 0) is 26.8 Å². The maximum atomic E-state index is 11.2. The van der Waals surface area contributed by atoms with Crippen LogP contribution in [0.15, 0.2) is 12.2 Å². The van der Waals surface area contributed by atoms with E-state index >= 15 is 0 Å². The van der Waals surface area contributed by atoms with Gasteiger partial charge in [-0.1, -0.05) is 19.1 Å². The lowest BCUT2D eigenvalue weighted by Gasteiger charge is -2.20. The normalized spacial score (nSPS) is 10.3. The first-order valence-electron chi connectivity index (χ1n) is 5.12. The van der Waals surface area contributed by atoms with Gasteiger partial charge in [0.2, 0.25) is 0 Å². The van der Waals surface area contributed by atoms with Gasteiger partial charge >= 0.3 is 5.97 Å². The second-order valence-electron chi connectivity index (χ2n) is 3.47. The van der Waals surface area contributed by atoms with Gasteiger partial charge in [-0.15, -0.1) is 0 Å². The van der Waals surface area contributed by atoms with Crippen LogP contribution in [-0.4, -0.2) is 37.1 Å². The first-order chi connectivity index (χ1) is 6.60. The maximum Gasteiger partial charge on any atom is 0.320 e. The number of rotatable bonds is 7. The summed E-state index contributed by atoms with van der Waals surface area (Å²) in [5.74, 6) is -0.151. The molecule has 0 aliphatic carbocycles. The zero-order valence-corrected chi connectivity index (χ0v) is 9.51. The number of hydrogen-bond acceptors (Lipinski definition) is 3. The van der Waals surface area contributed by atoms with Gasteiger partial charge in [0, 0.05) is 6.54 Å². The molecule has 0 aromatic rings. The lowest BCUT2D eigenvalue weighted by molar-refractivity contribution is -0.144. The molecule has 0 N–H and O–H groups in total. The van der Waals surface area contributed by atoms with Crippen LogP contribution < -0.4 is 0 Å². The molecule has 0 rings (SSSR count). The van der Waals surface area contributed by atoms with E-state index in [1.54, 1.807) is 0 Å². The second kappa shape index (κ2) is 7.56. The smallest absolute Gasteiger partial charge is 0.320 e. The lowest BCUT2D eigenvalue weighted by atomic mass is 10.3.